The van der Waals surface area contributed by atoms with Crippen LogP contribution >= 0.6 is 0 Å². The number of Topliss-reactive ketones (excluding diaryl/α,β-unsaturated/α-hetero) is 1. The molecule has 0 amide bonds. The Morgan fingerprint density at radius 2 is 2.02 bits per heavy atom. The number of benzene rings is 2. The number of halogens is 1. The molecule has 4 aliphatic carbocycles. The Morgan fingerprint density at radius 3 is 2.78 bits per heavy atom. The van der Waals surface area contributed by atoms with Gasteiger partial charge in [-0.2, -0.15) is 0 Å². The van der Waals surface area contributed by atoms with Crippen LogP contribution in [0.15, 0.2) is 60.2 Å². The number of aliphatic hydroxyl groups is 2. The molecule has 1 heterocycles. The highest BCUT2D eigenvalue weighted by atomic mass is 19.1. The number of ketones is 2. The molecular formula is C36H40FNO7. The molecule has 4 fully saturated rings. The largest absolute Gasteiger partial charge is 0.489 e. The van der Waals surface area contributed by atoms with Crippen molar-refractivity contribution in [1.82, 2.24) is 0 Å². The third-order valence-corrected chi connectivity index (χ3v) is 11.8. The smallest absolute Gasteiger partial charge is 0.193 e. The van der Waals surface area contributed by atoms with Gasteiger partial charge in [-0.25, -0.2) is 4.39 Å². The first-order valence-electron chi connectivity index (χ1n) is 15.8. The summed E-state index contributed by atoms with van der Waals surface area (Å²) in [5.74, 6) is -0.754. The van der Waals surface area contributed by atoms with E-state index in [1.54, 1.807) is 55.5 Å². The summed E-state index contributed by atoms with van der Waals surface area (Å²) in [7, 11) is 0. The molecule has 0 bridgehead atoms. The summed E-state index contributed by atoms with van der Waals surface area (Å²) in [6.45, 7) is 5.00. The van der Waals surface area contributed by atoms with Gasteiger partial charge in [0.05, 0.1) is 12.2 Å². The normalized spacial score (nSPS) is 38.2. The van der Waals surface area contributed by atoms with Crippen LogP contribution in [0.25, 0.3) is 0 Å². The molecule has 7 rings (SSSR count). The first-order valence-corrected chi connectivity index (χ1v) is 15.8. The molecule has 0 spiro atoms. The van der Waals surface area contributed by atoms with Gasteiger partial charge in [0.15, 0.2) is 23.5 Å². The average Bonchev–Trinajstić information content (AvgIpc) is 3.49. The van der Waals surface area contributed by atoms with Gasteiger partial charge >= 0.3 is 0 Å². The number of hydrogen-bond acceptors (Lipinski definition) is 8. The number of anilines is 1. The van der Waals surface area contributed by atoms with Crippen LogP contribution in [0.1, 0.15) is 62.5 Å². The van der Waals surface area contributed by atoms with Crippen molar-refractivity contribution in [3.05, 3.63) is 82.7 Å². The maximum atomic E-state index is 16.2. The van der Waals surface area contributed by atoms with Gasteiger partial charge in [0.25, 0.3) is 0 Å². The number of nitrogen functional groups attached to an aromatic ring is 1. The Hall–Kier alpha value is -3.37. The summed E-state index contributed by atoms with van der Waals surface area (Å²) < 4.78 is 35.2. The highest BCUT2D eigenvalue weighted by Gasteiger charge is 2.76. The lowest BCUT2D eigenvalue weighted by Gasteiger charge is -2.59. The molecule has 0 radical (unpaired) electrons. The van der Waals surface area contributed by atoms with Crippen LogP contribution in [-0.4, -0.2) is 46.2 Å². The minimum Gasteiger partial charge on any atom is -0.489 e. The van der Waals surface area contributed by atoms with Crippen molar-refractivity contribution >= 4 is 17.3 Å². The van der Waals surface area contributed by atoms with Crippen LogP contribution < -0.4 is 10.5 Å². The highest BCUT2D eigenvalue weighted by molar-refractivity contribution is 6.01. The van der Waals surface area contributed by atoms with Crippen molar-refractivity contribution in [3.63, 3.8) is 0 Å². The van der Waals surface area contributed by atoms with Gasteiger partial charge in [-0.1, -0.05) is 43.7 Å². The molecular weight excluding hydrogens is 577 g/mol. The number of ether oxygens (including phenoxy) is 3. The van der Waals surface area contributed by atoms with Crippen molar-refractivity contribution in [2.75, 3.05) is 12.3 Å². The summed E-state index contributed by atoms with van der Waals surface area (Å²) in [5.41, 5.74) is 5.59. The molecule has 4 N–H and O–H groups in total. The molecule has 9 atom stereocenters. The Kier molecular flexibility index (Phi) is 7.13. The van der Waals surface area contributed by atoms with Gasteiger partial charge in [0.2, 0.25) is 0 Å². The fourth-order valence-corrected chi connectivity index (χ4v) is 9.72. The second-order valence-electron chi connectivity index (χ2n) is 14.0. The van der Waals surface area contributed by atoms with E-state index in [0.717, 1.165) is 18.4 Å². The van der Waals surface area contributed by atoms with Gasteiger partial charge in [-0.3, -0.25) is 9.59 Å². The summed E-state index contributed by atoms with van der Waals surface area (Å²) in [4.78, 5) is 26.0. The fourth-order valence-electron chi connectivity index (χ4n) is 9.72. The van der Waals surface area contributed by atoms with Gasteiger partial charge in [0.1, 0.15) is 24.8 Å². The van der Waals surface area contributed by atoms with Crippen molar-refractivity contribution in [1.29, 1.82) is 0 Å². The number of fused-ring (bicyclic) bond motifs is 7. The topological polar surface area (TPSA) is 128 Å². The molecule has 1 saturated heterocycles. The predicted molar refractivity (Wildman–Crippen MR) is 163 cm³/mol. The minimum absolute atomic E-state index is 0.0318. The first-order chi connectivity index (χ1) is 21.4. The van der Waals surface area contributed by atoms with Crippen LogP contribution in [0, 0.1) is 41.3 Å². The van der Waals surface area contributed by atoms with Crippen LogP contribution in [0.4, 0.5) is 10.1 Å². The van der Waals surface area contributed by atoms with E-state index in [4.69, 9.17) is 19.9 Å². The molecule has 9 heteroatoms. The Morgan fingerprint density at radius 1 is 1.22 bits per heavy atom. The van der Waals surface area contributed by atoms with E-state index in [1.807, 2.05) is 13.0 Å². The van der Waals surface area contributed by atoms with E-state index in [0.29, 0.717) is 29.0 Å². The first kappa shape index (κ1) is 30.3. The molecule has 1 aliphatic heterocycles. The molecule has 0 aromatic heterocycles. The lowest BCUT2D eigenvalue weighted by atomic mass is 9.46. The van der Waals surface area contributed by atoms with E-state index in [2.05, 4.69) is 6.92 Å². The molecule has 238 valence electrons. The zero-order chi connectivity index (χ0) is 31.9. The monoisotopic (exact) mass is 617 g/mol. The Balaban J connectivity index is 1.21. The number of carbonyl (C=O) groups is 2. The number of allylic oxidation sites excluding steroid dienone is 4. The second kappa shape index (κ2) is 10.6. The molecule has 45 heavy (non-hydrogen) atoms. The number of aliphatic hydroxyl groups excluding tert-OH is 2. The zero-order valence-electron chi connectivity index (χ0n) is 25.8. The Bertz CT molecular complexity index is 1640. The maximum Gasteiger partial charge on any atom is 0.193 e. The van der Waals surface area contributed by atoms with Crippen LogP contribution in [0.3, 0.4) is 0 Å². The van der Waals surface area contributed by atoms with E-state index in [9.17, 15) is 19.8 Å². The number of carbonyl (C=O) groups excluding carboxylic acids is 2. The van der Waals surface area contributed by atoms with Gasteiger partial charge < -0.3 is 30.2 Å². The Labute approximate surface area is 262 Å². The van der Waals surface area contributed by atoms with Crippen LogP contribution in [0.2, 0.25) is 0 Å². The lowest BCUT2D eigenvalue weighted by Crippen LogP contribution is -2.63. The van der Waals surface area contributed by atoms with Crippen LogP contribution in [0.5, 0.6) is 5.75 Å². The zero-order valence-corrected chi connectivity index (χ0v) is 25.8. The van der Waals surface area contributed by atoms with Crippen molar-refractivity contribution < 1.29 is 38.4 Å². The van der Waals surface area contributed by atoms with Crippen molar-refractivity contribution in [2.24, 2.45) is 28.6 Å². The standard InChI is InChI=1S/C36H40FNO7/c1-19-7-8-20(18-43-24-6-4-5-22(38)14-24)32(37)30(19)33-44-29-15-26-25-10-9-21-13-23(40)11-12-34(21,2)31(25)27(41)16-35(26,3)36(29,45-33)28(42)17-39/h4-8,11-14,25-27,29,31,33,39,41H,9-10,15-18,38H2,1-3H3/t25-,26-,27-,29+,31+,33-,34-,35-,36+/m0/s1. The van der Waals surface area contributed by atoms with E-state index in [-0.39, 0.29) is 42.1 Å². The minimum atomic E-state index is -1.56. The summed E-state index contributed by atoms with van der Waals surface area (Å²) >= 11 is 0. The highest BCUT2D eigenvalue weighted by Crippen LogP contribution is 2.70. The van der Waals surface area contributed by atoms with Crippen molar-refractivity contribution in [2.45, 2.75) is 77.2 Å². The summed E-state index contributed by atoms with van der Waals surface area (Å²) in [5, 5.41) is 22.1. The van der Waals surface area contributed by atoms with E-state index < -0.39 is 53.1 Å². The predicted octanol–water partition coefficient (Wildman–Crippen LogP) is 4.90. The average molecular weight is 618 g/mol. The van der Waals surface area contributed by atoms with Gasteiger partial charge in [-0.15, -0.1) is 0 Å². The number of hydrogen-bond donors (Lipinski definition) is 3. The summed E-state index contributed by atoms with van der Waals surface area (Å²) in [6.07, 6.45) is 4.73. The second-order valence-corrected chi connectivity index (χ2v) is 14.0. The number of rotatable bonds is 6. The molecule has 5 aliphatic rings. The van der Waals surface area contributed by atoms with E-state index >= 15 is 4.39 Å². The van der Waals surface area contributed by atoms with Crippen LogP contribution in [-0.2, 0) is 25.7 Å². The van der Waals surface area contributed by atoms with E-state index in [1.165, 1.54) is 0 Å². The number of aryl methyl sites for hydroxylation is 1. The molecule has 3 saturated carbocycles. The SMILES string of the molecule is Cc1ccc(COc2cccc(N)c2)c(F)c1[C@H]1O[C@@H]2C[C@H]3[C@@H]4CCC5=CC(=O)C=C[C@]5(C)[C@H]4[C@@H](O)C[C@]3(C)[C@]2(C(=O)CO)O1. The quantitative estimate of drug-likeness (QED) is 0.391. The molecule has 2 aromatic carbocycles. The molecule has 8 nitrogen and oxygen atoms in total. The summed E-state index contributed by atoms with van der Waals surface area (Å²) in [6, 6.07) is 10.3. The third kappa shape index (κ3) is 4.31. The molecule has 2 aromatic rings. The number of nitrogens with two attached hydrogens (primary N) is 1. The lowest BCUT2D eigenvalue weighted by molar-refractivity contribution is -0.201. The third-order valence-electron chi connectivity index (χ3n) is 11.8. The van der Waals surface area contributed by atoms with Gasteiger partial charge in [0, 0.05) is 39.6 Å². The fraction of sp³-hybridized carbons (Fsp3) is 0.500. The van der Waals surface area contributed by atoms with Gasteiger partial charge in [-0.05, 0) is 74.3 Å². The molecule has 0 unspecified atom stereocenters. The maximum absolute atomic E-state index is 16.2. The van der Waals surface area contributed by atoms with Crippen molar-refractivity contribution in [3.8, 4) is 5.75 Å².